The Hall–Kier alpha value is -2.00. The third-order valence-electron chi connectivity index (χ3n) is 6.21. The molecule has 0 aromatic heterocycles. The first-order chi connectivity index (χ1) is 14.8. The van der Waals surface area contributed by atoms with Gasteiger partial charge in [-0.2, -0.15) is 0 Å². The lowest BCUT2D eigenvalue weighted by atomic mass is 9.86. The van der Waals surface area contributed by atoms with E-state index in [0.29, 0.717) is 51.4 Å². The van der Waals surface area contributed by atoms with Crippen LogP contribution in [0.4, 0.5) is 18.9 Å². The van der Waals surface area contributed by atoms with Crippen molar-refractivity contribution in [3.05, 3.63) is 24.0 Å². The van der Waals surface area contributed by atoms with Crippen LogP contribution in [0, 0.1) is 11.7 Å². The lowest BCUT2D eigenvalue weighted by molar-refractivity contribution is -0.129. The Kier molecular flexibility index (Phi) is 8.05. The minimum absolute atomic E-state index is 0.198. The Balaban J connectivity index is 1.35. The first-order valence-electron chi connectivity index (χ1n) is 10.9. The number of β-amino-alcohol motifs (C(OH)–C–C–N with tert-alkyl or cyclic N) is 1. The number of nitrogens with one attached hydrogen (secondary N) is 1. The summed E-state index contributed by atoms with van der Waals surface area (Å²) in [5.74, 6) is -3.34. The average molecular weight is 444 g/mol. The van der Waals surface area contributed by atoms with Gasteiger partial charge in [0.2, 0.25) is 11.8 Å². The minimum Gasteiger partial charge on any atom is -0.494 e. The van der Waals surface area contributed by atoms with Crippen molar-refractivity contribution in [3.8, 4) is 5.75 Å². The predicted molar refractivity (Wildman–Crippen MR) is 112 cm³/mol. The molecular weight excluding hydrogens is 411 g/mol. The van der Waals surface area contributed by atoms with E-state index in [9.17, 15) is 23.1 Å². The van der Waals surface area contributed by atoms with Gasteiger partial charge in [-0.1, -0.05) is 6.07 Å². The van der Waals surface area contributed by atoms with Gasteiger partial charge in [-0.15, -0.1) is 0 Å². The number of carbonyl (C=O) groups is 1. The second-order valence-electron chi connectivity index (χ2n) is 8.44. The highest BCUT2D eigenvalue weighted by atomic mass is 19.3. The Morgan fingerprint density at radius 1 is 1.26 bits per heavy atom. The van der Waals surface area contributed by atoms with Gasteiger partial charge in [0.05, 0.1) is 18.9 Å². The number of amides is 1. The van der Waals surface area contributed by atoms with Gasteiger partial charge in [-0.25, -0.2) is 13.2 Å². The molecule has 1 aliphatic heterocycles. The monoisotopic (exact) mass is 443 g/mol. The van der Waals surface area contributed by atoms with Gasteiger partial charge in [0.25, 0.3) is 0 Å². The molecule has 1 saturated carbocycles. The van der Waals surface area contributed by atoms with E-state index in [0.717, 1.165) is 0 Å². The topological polar surface area (TPSA) is 65.0 Å². The summed E-state index contributed by atoms with van der Waals surface area (Å²) in [6, 6.07) is 5.09. The SMILES string of the molecule is COc1cccc(N2CCN(C[C@H](O)CCNC(=O)C3CCC(F)(F)CC3)CC2)c1F. The number of piperazine rings is 1. The first-order valence-corrected chi connectivity index (χ1v) is 10.9. The number of nitrogens with zero attached hydrogens (tertiary/aromatic N) is 2. The highest BCUT2D eigenvalue weighted by molar-refractivity contribution is 5.78. The van der Waals surface area contributed by atoms with Crippen LogP contribution in [0.1, 0.15) is 32.1 Å². The molecule has 1 aliphatic carbocycles. The summed E-state index contributed by atoms with van der Waals surface area (Å²) in [7, 11) is 1.44. The molecule has 3 rings (SSSR count). The highest BCUT2D eigenvalue weighted by Crippen LogP contribution is 2.36. The minimum atomic E-state index is -2.64. The molecule has 1 aromatic carbocycles. The number of alkyl halides is 2. The number of aliphatic hydroxyl groups excluding tert-OH is 1. The van der Waals surface area contributed by atoms with Crippen LogP contribution in [0.3, 0.4) is 0 Å². The molecule has 2 aliphatic rings. The van der Waals surface area contributed by atoms with Crippen molar-refractivity contribution in [2.24, 2.45) is 5.92 Å². The maximum atomic E-state index is 14.4. The van der Waals surface area contributed by atoms with Crippen LogP contribution in [0.2, 0.25) is 0 Å². The Labute approximate surface area is 181 Å². The summed E-state index contributed by atoms with van der Waals surface area (Å²) in [6.07, 6.45) is -0.256. The molecule has 0 spiro atoms. The fraction of sp³-hybridized carbons (Fsp3) is 0.682. The standard InChI is InChI=1S/C22H32F3N3O3/c1-31-19-4-2-3-18(20(19)23)28-13-11-27(12-14-28)15-17(29)7-10-26-21(30)16-5-8-22(24,25)9-6-16/h2-4,16-17,29H,5-15H2,1H3,(H,26,30)/t17-/m1/s1. The zero-order chi connectivity index (χ0) is 22.4. The van der Waals surface area contributed by atoms with E-state index in [-0.39, 0.29) is 49.1 Å². The number of halogens is 3. The fourth-order valence-corrected chi connectivity index (χ4v) is 4.27. The van der Waals surface area contributed by atoms with Gasteiger partial charge >= 0.3 is 0 Å². The Morgan fingerprint density at radius 3 is 2.58 bits per heavy atom. The Morgan fingerprint density at radius 2 is 1.94 bits per heavy atom. The van der Waals surface area contributed by atoms with Gasteiger partial charge in [0.1, 0.15) is 0 Å². The molecule has 0 bridgehead atoms. The Bertz CT molecular complexity index is 732. The van der Waals surface area contributed by atoms with Crippen LogP contribution >= 0.6 is 0 Å². The second kappa shape index (κ2) is 10.5. The average Bonchev–Trinajstić information content (AvgIpc) is 2.74. The number of benzene rings is 1. The normalized spacial score (nSPS) is 21.0. The first kappa shape index (κ1) is 23.7. The molecule has 1 saturated heterocycles. The number of methoxy groups -OCH3 is 1. The maximum absolute atomic E-state index is 14.4. The number of hydrogen-bond donors (Lipinski definition) is 2. The molecule has 1 aromatic rings. The number of rotatable bonds is 8. The molecule has 1 heterocycles. The molecule has 6 nitrogen and oxygen atoms in total. The van der Waals surface area contributed by atoms with E-state index in [1.807, 2.05) is 4.90 Å². The van der Waals surface area contributed by atoms with Gasteiger partial charge in [-0.05, 0) is 31.4 Å². The molecular formula is C22H32F3N3O3. The summed E-state index contributed by atoms with van der Waals surface area (Å²) >= 11 is 0. The van der Waals surface area contributed by atoms with Gasteiger partial charge in [0, 0.05) is 58.0 Å². The predicted octanol–water partition coefficient (Wildman–Crippen LogP) is 2.65. The third kappa shape index (κ3) is 6.49. The number of ether oxygens (including phenoxy) is 1. The summed E-state index contributed by atoms with van der Waals surface area (Å²) in [4.78, 5) is 16.2. The van der Waals surface area contributed by atoms with Crippen molar-refractivity contribution in [2.45, 2.75) is 44.1 Å². The van der Waals surface area contributed by atoms with Crippen LogP contribution in [0.15, 0.2) is 18.2 Å². The summed E-state index contributed by atoms with van der Waals surface area (Å²) in [5.41, 5.74) is 0.516. The van der Waals surface area contributed by atoms with Crippen LogP contribution in [-0.2, 0) is 4.79 Å². The van der Waals surface area contributed by atoms with Crippen molar-refractivity contribution in [3.63, 3.8) is 0 Å². The van der Waals surface area contributed by atoms with Crippen molar-refractivity contribution >= 4 is 11.6 Å². The smallest absolute Gasteiger partial charge is 0.248 e. The lowest BCUT2D eigenvalue weighted by Gasteiger charge is -2.37. The number of carbonyl (C=O) groups excluding carboxylic acids is 1. The number of aliphatic hydroxyl groups is 1. The van der Waals surface area contributed by atoms with Crippen LogP contribution in [0.25, 0.3) is 0 Å². The number of hydrogen-bond acceptors (Lipinski definition) is 5. The van der Waals surface area contributed by atoms with Crippen molar-refractivity contribution in [1.82, 2.24) is 10.2 Å². The van der Waals surface area contributed by atoms with Crippen molar-refractivity contribution < 1.29 is 27.8 Å². The zero-order valence-electron chi connectivity index (χ0n) is 18.0. The van der Waals surface area contributed by atoms with E-state index in [1.54, 1.807) is 18.2 Å². The second-order valence-corrected chi connectivity index (χ2v) is 8.44. The maximum Gasteiger partial charge on any atom is 0.248 e. The van der Waals surface area contributed by atoms with E-state index in [4.69, 9.17) is 4.74 Å². The fourth-order valence-electron chi connectivity index (χ4n) is 4.27. The molecule has 9 heteroatoms. The summed E-state index contributed by atoms with van der Waals surface area (Å²) in [5, 5.41) is 13.1. The zero-order valence-corrected chi connectivity index (χ0v) is 18.0. The molecule has 174 valence electrons. The quantitative estimate of drug-likeness (QED) is 0.647. The molecule has 2 N–H and O–H groups in total. The van der Waals surface area contributed by atoms with E-state index in [1.165, 1.54) is 7.11 Å². The third-order valence-corrected chi connectivity index (χ3v) is 6.21. The van der Waals surface area contributed by atoms with Crippen LogP contribution < -0.4 is 15.0 Å². The van der Waals surface area contributed by atoms with Crippen LogP contribution in [0.5, 0.6) is 5.75 Å². The lowest BCUT2D eigenvalue weighted by Crippen LogP contribution is -2.49. The summed E-state index contributed by atoms with van der Waals surface area (Å²) in [6.45, 7) is 3.45. The van der Waals surface area contributed by atoms with Gasteiger partial charge in [-0.3, -0.25) is 9.69 Å². The molecule has 1 amide bonds. The van der Waals surface area contributed by atoms with Gasteiger partial charge < -0.3 is 20.1 Å². The molecule has 0 unspecified atom stereocenters. The van der Waals surface area contributed by atoms with E-state index >= 15 is 0 Å². The summed E-state index contributed by atoms with van der Waals surface area (Å²) < 4.78 is 45.9. The van der Waals surface area contributed by atoms with Crippen molar-refractivity contribution in [2.75, 3.05) is 51.3 Å². The van der Waals surface area contributed by atoms with Gasteiger partial charge in [0.15, 0.2) is 11.6 Å². The molecule has 1 atom stereocenters. The largest absolute Gasteiger partial charge is 0.494 e. The number of anilines is 1. The van der Waals surface area contributed by atoms with E-state index < -0.39 is 12.0 Å². The van der Waals surface area contributed by atoms with E-state index in [2.05, 4.69) is 10.2 Å². The van der Waals surface area contributed by atoms with Crippen molar-refractivity contribution in [1.29, 1.82) is 0 Å². The molecule has 2 fully saturated rings. The van der Waals surface area contributed by atoms with Crippen LogP contribution in [-0.4, -0.2) is 74.3 Å². The molecule has 0 radical (unpaired) electrons. The molecule has 31 heavy (non-hydrogen) atoms. The highest BCUT2D eigenvalue weighted by Gasteiger charge is 2.37.